The average molecular weight is 648 g/mol. The Morgan fingerprint density at radius 3 is 1.94 bits per heavy atom. The number of hydrogen-bond acceptors (Lipinski definition) is 6. The van der Waals surface area contributed by atoms with Crippen molar-refractivity contribution in [2.75, 3.05) is 0 Å². The summed E-state index contributed by atoms with van der Waals surface area (Å²) in [6.07, 6.45) is 5.86. The molecule has 0 aromatic heterocycles. The van der Waals surface area contributed by atoms with Crippen molar-refractivity contribution in [3.63, 3.8) is 0 Å². The van der Waals surface area contributed by atoms with E-state index in [1.165, 1.54) is 6.92 Å². The number of rotatable bonds is 14. The summed E-state index contributed by atoms with van der Waals surface area (Å²) >= 11 is 0. The van der Waals surface area contributed by atoms with E-state index in [2.05, 4.69) is 25.9 Å². The van der Waals surface area contributed by atoms with Gasteiger partial charge in [-0.3, -0.25) is 9.59 Å². The van der Waals surface area contributed by atoms with Gasteiger partial charge < -0.3 is 9.40 Å². The molecule has 0 spiro atoms. The van der Waals surface area contributed by atoms with Gasteiger partial charge in [-0.15, -0.1) is 0 Å². The van der Waals surface area contributed by atoms with Crippen LogP contribution in [0.5, 0.6) is 0 Å². The second kappa shape index (κ2) is 14.6. The van der Waals surface area contributed by atoms with Gasteiger partial charge in [-0.1, -0.05) is 130 Å². The molecule has 1 aliphatic rings. The number of Topliss-reactive ketones (excluding diaryl/α,β-unsaturated/α-hetero) is 1. The zero-order valence-electron chi connectivity index (χ0n) is 27.6. The number of fused-ring (bicyclic) bond motifs is 3. The zero-order chi connectivity index (χ0) is 33.6. The number of oxime groups is 1. The molecule has 5 rings (SSSR count). The summed E-state index contributed by atoms with van der Waals surface area (Å²) < 4.78 is 15.2. The first-order valence-electron chi connectivity index (χ1n) is 16.6. The van der Waals surface area contributed by atoms with Crippen molar-refractivity contribution in [3.8, 4) is 11.1 Å². The number of carbonyl (C=O) groups is 3. The summed E-state index contributed by atoms with van der Waals surface area (Å²) in [6, 6.07) is 29.3. The highest BCUT2D eigenvalue weighted by Gasteiger charge is 2.43. The van der Waals surface area contributed by atoms with Gasteiger partial charge in [0, 0.05) is 34.1 Å². The van der Waals surface area contributed by atoms with Gasteiger partial charge in [0.05, 0.1) is 0 Å². The van der Waals surface area contributed by atoms with Crippen molar-refractivity contribution in [1.82, 2.24) is 0 Å². The standard InChI is InChI=1S/C40H42NO5P/c1-5-8-9-16-21-37(41-46-28(4)42)38(43)30-22-24-35-33(26-30)34-27-32(23-25-36(34)40(35,6-2)7-3)47(45,31-19-14-11-15-20-31)39(44)29-17-12-10-13-18-29/h10-15,17-20,22-27H,5-9,16,21H2,1-4H3/b41-37+. The van der Waals surface area contributed by atoms with E-state index in [4.69, 9.17) is 4.84 Å². The highest BCUT2D eigenvalue weighted by Crippen LogP contribution is 2.55. The lowest BCUT2D eigenvalue weighted by atomic mass is 9.74. The predicted molar refractivity (Wildman–Crippen MR) is 190 cm³/mol. The Morgan fingerprint density at radius 2 is 1.32 bits per heavy atom. The Labute approximate surface area is 277 Å². The molecule has 0 amide bonds. The van der Waals surface area contributed by atoms with Crippen LogP contribution >= 0.6 is 7.14 Å². The van der Waals surface area contributed by atoms with Crippen molar-refractivity contribution in [3.05, 3.63) is 119 Å². The fraction of sp³-hybridized carbons (Fsp3) is 0.300. The van der Waals surface area contributed by atoms with Gasteiger partial charge in [0.15, 0.2) is 0 Å². The number of carbonyl (C=O) groups excluding carboxylic acids is 3. The summed E-state index contributed by atoms with van der Waals surface area (Å²) in [4.78, 5) is 44.5. The molecule has 4 aromatic rings. The fourth-order valence-electron chi connectivity index (χ4n) is 6.84. The van der Waals surface area contributed by atoms with Gasteiger partial charge in [0.25, 0.3) is 0 Å². The van der Waals surface area contributed by atoms with Crippen molar-refractivity contribution < 1.29 is 23.8 Å². The molecule has 47 heavy (non-hydrogen) atoms. The van der Waals surface area contributed by atoms with E-state index in [9.17, 15) is 14.4 Å². The molecular weight excluding hydrogens is 605 g/mol. The molecule has 0 aliphatic heterocycles. The third-order valence-electron chi connectivity index (χ3n) is 9.42. The van der Waals surface area contributed by atoms with Crippen molar-refractivity contribution in [2.24, 2.45) is 5.16 Å². The minimum Gasteiger partial charge on any atom is -0.318 e. The van der Waals surface area contributed by atoms with Crippen LogP contribution in [0, 0.1) is 0 Å². The summed E-state index contributed by atoms with van der Waals surface area (Å²) in [7, 11) is -3.80. The third-order valence-corrected chi connectivity index (χ3v) is 12.3. The summed E-state index contributed by atoms with van der Waals surface area (Å²) in [6.45, 7) is 7.70. The molecule has 0 fully saturated rings. The SMILES string of the molecule is CCCCCC/C(=N\OC(C)=O)C(=O)c1ccc2c(c1)-c1cc(P(=O)(C(=O)c3ccccc3)c3ccccc3)ccc1C2(CC)CC. The molecule has 4 aromatic carbocycles. The maximum Gasteiger partial charge on any atom is 0.331 e. The smallest absolute Gasteiger partial charge is 0.318 e. The van der Waals surface area contributed by atoms with Crippen LogP contribution in [-0.2, 0) is 19.6 Å². The zero-order valence-corrected chi connectivity index (χ0v) is 28.5. The number of ketones is 1. The first-order chi connectivity index (χ1) is 22.7. The van der Waals surface area contributed by atoms with Crippen LogP contribution in [0.4, 0.5) is 0 Å². The van der Waals surface area contributed by atoms with Gasteiger partial charge in [-0.25, -0.2) is 4.79 Å². The van der Waals surface area contributed by atoms with Gasteiger partial charge in [0.1, 0.15) is 5.71 Å². The summed E-state index contributed by atoms with van der Waals surface area (Å²) in [5.41, 5.74) is 4.25. The molecule has 0 N–H and O–H groups in total. The van der Waals surface area contributed by atoms with Crippen molar-refractivity contribution in [1.29, 1.82) is 0 Å². The van der Waals surface area contributed by atoms with Crippen LogP contribution in [-0.4, -0.2) is 23.0 Å². The lowest BCUT2D eigenvalue weighted by Gasteiger charge is -2.30. The molecule has 7 heteroatoms. The van der Waals surface area contributed by atoms with Gasteiger partial charge in [-0.2, -0.15) is 0 Å². The van der Waals surface area contributed by atoms with Crippen LogP contribution < -0.4 is 10.6 Å². The number of benzene rings is 4. The Morgan fingerprint density at radius 1 is 0.702 bits per heavy atom. The maximum atomic E-state index is 15.2. The number of nitrogens with zero attached hydrogens (tertiary/aromatic N) is 1. The molecule has 0 bridgehead atoms. The van der Waals surface area contributed by atoms with Gasteiger partial charge in [-0.05, 0) is 60.1 Å². The average Bonchev–Trinajstić information content (AvgIpc) is 3.39. The maximum absolute atomic E-state index is 15.2. The summed E-state index contributed by atoms with van der Waals surface area (Å²) in [5, 5.41) is 4.90. The molecule has 1 atom stereocenters. The summed E-state index contributed by atoms with van der Waals surface area (Å²) in [5.74, 6) is -0.870. The minimum atomic E-state index is -3.80. The monoisotopic (exact) mass is 647 g/mol. The topological polar surface area (TPSA) is 89.9 Å². The largest absolute Gasteiger partial charge is 0.331 e. The van der Waals surface area contributed by atoms with E-state index < -0.39 is 18.6 Å². The highest BCUT2D eigenvalue weighted by molar-refractivity contribution is 7.93. The lowest BCUT2D eigenvalue weighted by Crippen LogP contribution is -2.25. The highest BCUT2D eigenvalue weighted by atomic mass is 31.2. The van der Waals surface area contributed by atoms with E-state index in [1.807, 2.05) is 48.5 Å². The molecular formula is C40H42NO5P. The van der Waals surface area contributed by atoms with Crippen LogP contribution in [0.15, 0.2) is 102 Å². The molecule has 0 heterocycles. The Kier molecular flexibility index (Phi) is 10.5. The minimum absolute atomic E-state index is 0.211. The number of unbranched alkanes of at least 4 members (excludes halogenated alkanes) is 3. The molecule has 1 aliphatic carbocycles. The van der Waals surface area contributed by atoms with E-state index in [0.29, 0.717) is 28.2 Å². The quantitative estimate of drug-likeness (QED) is 0.0340. The normalized spacial score (nSPS) is 14.5. The first-order valence-corrected chi connectivity index (χ1v) is 18.3. The number of hydrogen-bond donors (Lipinski definition) is 0. The van der Waals surface area contributed by atoms with Gasteiger partial charge in [0.2, 0.25) is 18.4 Å². The Hall–Kier alpha value is -4.41. The second-order valence-corrected chi connectivity index (χ2v) is 14.8. The third kappa shape index (κ3) is 6.44. The van der Waals surface area contributed by atoms with Crippen LogP contribution in [0.2, 0.25) is 0 Å². The van der Waals surface area contributed by atoms with Crippen LogP contribution in [0.3, 0.4) is 0 Å². The molecule has 1 unspecified atom stereocenters. The predicted octanol–water partition coefficient (Wildman–Crippen LogP) is 9.00. The van der Waals surface area contributed by atoms with E-state index >= 15 is 4.57 Å². The van der Waals surface area contributed by atoms with Crippen LogP contribution in [0.25, 0.3) is 11.1 Å². The fourth-order valence-corrected chi connectivity index (χ4v) is 9.31. The Bertz CT molecular complexity index is 1860. The second-order valence-electron chi connectivity index (χ2n) is 12.2. The molecule has 0 saturated carbocycles. The van der Waals surface area contributed by atoms with Crippen molar-refractivity contribution >= 4 is 40.7 Å². The van der Waals surface area contributed by atoms with Gasteiger partial charge >= 0.3 is 5.97 Å². The first kappa shape index (κ1) is 33.9. The Balaban J connectivity index is 1.66. The van der Waals surface area contributed by atoms with E-state index in [1.54, 1.807) is 48.5 Å². The van der Waals surface area contributed by atoms with E-state index in [-0.39, 0.29) is 16.9 Å². The molecule has 6 nitrogen and oxygen atoms in total. The molecule has 0 saturated heterocycles. The molecule has 242 valence electrons. The van der Waals surface area contributed by atoms with E-state index in [0.717, 1.165) is 60.8 Å². The lowest BCUT2D eigenvalue weighted by molar-refractivity contribution is -0.140. The molecule has 0 radical (unpaired) electrons. The van der Waals surface area contributed by atoms with Crippen molar-refractivity contribution in [2.45, 2.75) is 78.1 Å². The van der Waals surface area contributed by atoms with Crippen LogP contribution in [0.1, 0.15) is 104 Å².